The molecule has 18 heavy (non-hydrogen) atoms. The number of sulfone groups is 1. The van der Waals surface area contributed by atoms with Crippen molar-refractivity contribution in [2.75, 3.05) is 17.2 Å². The van der Waals surface area contributed by atoms with Crippen LogP contribution in [0.15, 0.2) is 29.2 Å². The second-order valence-corrected chi connectivity index (χ2v) is 6.19. The normalized spacial score (nSPS) is 11.3. The molecule has 1 aromatic carbocycles. The molecule has 0 saturated heterocycles. The summed E-state index contributed by atoms with van der Waals surface area (Å²) in [4.78, 5) is 13.3. The van der Waals surface area contributed by atoms with Gasteiger partial charge in [0.15, 0.2) is 9.84 Å². The fourth-order valence-corrected chi connectivity index (χ4v) is 3.13. The Kier molecular flexibility index (Phi) is 4.90. The summed E-state index contributed by atoms with van der Waals surface area (Å²) in [5.74, 6) is 0.0953. The fraction of sp³-hybridized carbons (Fsp3) is 0.462. The maximum Gasteiger partial charge on any atom is 0.223 e. The highest BCUT2D eigenvalue weighted by atomic mass is 32.2. The number of benzene rings is 1. The van der Waals surface area contributed by atoms with E-state index in [2.05, 4.69) is 0 Å². The third-order valence-electron chi connectivity index (χ3n) is 2.68. The lowest BCUT2D eigenvalue weighted by atomic mass is 10.3. The average molecular weight is 269 g/mol. The molecule has 0 aliphatic rings. The SMILES string of the molecule is CCCS(=O)(=O)c1ccc(N(CC)C(C)=O)cc1. The Morgan fingerprint density at radius 3 is 2.11 bits per heavy atom. The van der Waals surface area contributed by atoms with Crippen LogP contribution < -0.4 is 4.90 Å². The van der Waals surface area contributed by atoms with Crippen LogP contribution in [0.25, 0.3) is 0 Å². The quantitative estimate of drug-likeness (QED) is 0.823. The molecule has 0 N–H and O–H groups in total. The van der Waals surface area contributed by atoms with E-state index >= 15 is 0 Å². The van der Waals surface area contributed by atoms with Gasteiger partial charge in [0, 0.05) is 19.2 Å². The molecule has 0 aromatic heterocycles. The van der Waals surface area contributed by atoms with Crippen LogP contribution in [0.3, 0.4) is 0 Å². The second kappa shape index (κ2) is 6.00. The predicted octanol–water partition coefficient (Wildman–Crippen LogP) is 2.24. The molecule has 0 bridgehead atoms. The van der Waals surface area contributed by atoms with Crippen LogP contribution in [0.2, 0.25) is 0 Å². The molecule has 100 valence electrons. The third-order valence-corrected chi connectivity index (χ3v) is 4.61. The molecule has 0 fully saturated rings. The monoisotopic (exact) mass is 269 g/mol. The summed E-state index contributed by atoms with van der Waals surface area (Å²) in [7, 11) is -3.18. The first-order valence-electron chi connectivity index (χ1n) is 6.03. The lowest BCUT2D eigenvalue weighted by molar-refractivity contribution is -0.116. The lowest BCUT2D eigenvalue weighted by Crippen LogP contribution is -2.27. The van der Waals surface area contributed by atoms with E-state index in [0.29, 0.717) is 17.9 Å². The molecule has 0 heterocycles. The van der Waals surface area contributed by atoms with E-state index in [1.807, 2.05) is 13.8 Å². The Labute approximate surface area is 109 Å². The predicted molar refractivity (Wildman–Crippen MR) is 72.5 cm³/mol. The van der Waals surface area contributed by atoms with Crippen LogP contribution in [0.4, 0.5) is 5.69 Å². The van der Waals surface area contributed by atoms with E-state index < -0.39 is 9.84 Å². The van der Waals surface area contributed by atoms with Crippen LogP contribution in [-0.4, -0.2) is 26.6 Å². The van der Waals surface area contributed by atoms with Gasteiger partial charge in [0.1, 0.15) is 0 Å². The van der Waals surface area contributed by atoms with Gasteiger partial charge in [-0.25, -0.2) is 8.42 Å². The van der Waals surface area contributed by atoms with Gasteiger partial charge in [0.2, 0.25) is 5.91 Å². The van der Waals surface area contributed by atoms with E-state index in [1.165, 1.54) is 6.92 Å². The summed E-state index contributed by atoms with van der Waals surface area (Å²) in [6.07, 6.45) is 0.596. The molecule has 0 atom stereocenters. The van der Waals surface area contributed by atoms with Crippen LogP contribution in [0.1, 0.15) is 27.2 Å². The summed E-state index contributed by atoms with van der Waals surface area (Å²) in [6, 6.07) is 6.47. The standard InChI is InChI=1S/C13H19NO3S/c1-4-10-18(16,17)13-8-6-12(7-9-13)14(5-2)11(3)15/h6-9H,4-5,10H2,1-3H3. The number of carbonyl (C=O) groups excluding carboxylic acids is 1. The smallest absolute Gasteiger partial charge is 0.223 e. The van der Waals surface area contributed by atoms with Gasteiger partial charge in [-0.3, -0.25) is 4.79 Å². The van der Waals surface area contributed by atoms with Crippen molar-refractivity contribution in [2.24, 2.45) is 0 Å². The Balaban J connectivity index is 3.03. The van der Waals surface area contributed by atoms with Crippen LogP contribution >= 0.6 is 0 Å². The van der Waals surface area contributed by atoms with Gasteiger partial charge < -0.3 is 4.90 Å². The first-order valence-corrected chi connectivity index (χ1v) is 7.68. The summed E-state index contributed by atoms with van der Waals surface area (Å²) < 4.78 is 23.7. The van der Waals surface area contributed by atoms with Crippen LogP contribution in [0.5, 0.6) is 0 Å². The van der Waals surface area contributed by atoms with Crippen molar-refractivity contribution in [3.05, 3.63) is 24.3 Å². The molecule has 5 heteroatoms. The molecule has 0 aliphatic carbocycles. The number of nitrogens with zero attached hydrogens (tertiary/aromatic N) is 1. The van der Waals surface area contributed by atoms with Crippen molar-refractivity contribution < 1.29 is 13.2 Å². The van der Waals surface area contributed by atoms with E-state index in [-0.39, 0.29) is 11.7 Å². The Bertz CT molecular complexity index is 506. The second-order valence-electron chi connectivity index (χ2n) is 4.08. The zero-order valence-electron chi connectivity index (χ0n) is 11.0. The summed E-state index contributed by atoms with van der Waals surface area (Å²) in [5.41, 5.74) is 0.723. The third kappa shape index (κ3) is 3.32. The van der Waals surface area contributed by atoms with Gasteiger partial charge in [0.05, 0.1) is 10.6 Å². The number of anilines is 1. The highest BCUT2D eigenvalue weighted by molar-refractivity contribution is 7.91. The van der Waals surface area contributed by atoms with Gasteiger partial charge in [-0.1, -0.05) is 6.92 Å². The highest BCUT2D eigenvalue weighted by Crippen LogP contribution is 2.19. The van der Waals surface area contributed by atoms with E-state index in [9.17, 15) is 13.2 Å². The summed E-state index contributed by atoms with van der Waals surface area (Å²) in [5, 5.41) is 0. The van der Waals surface area contributed by atoms with Gasteiger partial charge in [-0.2, -0.15) is 0 Å². The van der Waals surface area contributed by atoms with Crippen molar-refractivity contribution in [2.45, 2.75) is 32.1 Å². The Morgan fingerprint density at radius 1 is 1.17 bits per heavy atom. The van der Waals surface area contributed by atoms with Crippen molar-refractivity contribution in [3.8, 4) is 0 Å². The largest absolute Gasteiger partial charge is 0.313 e. The molecule has 0 radical (unpaired) electrons. The zero-order chi connectivity index (χ0) is 13.8. The number of carbonyl (C=O) groups is 1. The topological polar surface area (TPSA) is 54.5 Å². The minimum absolute atomic E-state index is 0.0540. The molecule has 4 nitrogen and oxygen atoms in total. The Hall–Kier alpha value is -1.36. The van der Waals surface area contributed by atoms with Crippen molar-refractivity contribution in [1.29, 1.82) is 0 Å². The van der Waals surface area contributed by atoms with Crippen LogP contribution in [-0.2, 0) is 14.6 Å². The van der Waals surface area contributed by atoms with E-state index in [4.69, 9.17) is 0 Å². The van der Waals surface area contributed by atoms with Gasteiger partial charge in [-0.05, 0) is 37.6 Å². The summed E-state index contributed by atoms with van der Waals surface area (Å²) in [6.45, 7) is 5.77. The first-order chi connectivity index (χ1) is 8.42. The number of rotatable bonds is 5. The Morgan fingerprint density at radius 2 is 1.72 bits per heavy atom. The van der Waals surface area contributed by atoms with Gasteiger partial charge >= 0.3 is 0 Å². The molecular formula is C13H19NO3S. The minimum atomic E-state index is -3.18. The number of hydrogen-bond donors (Lipinski definition) is 0. The fourth-order valence-electron chi connectivity index (χ4n) is 1.81. The molecular weight excluding hydrogens is 250 g/mol. The number of amides is 1. The molecule has 1 rings (SSSR count). The minimum Gasteiger partial charge on any atom is -0.313 e. The number of hydrogen-bond acceptors (Lipinski definition) is 3. The molecule has 0 unspecified atom stereocenters. The van der Waals surface area contributed by atoms with Gasteiger partial charge in [0.25, 0.3) is 0 Å². The van der Waals surface area contributed by atoms with Crippen LogP contribution in [0, 0.1) is 0 Å². The average Bonchev–Trinajstić information content (AvgIpc) is 2.30. The zero-order valence-corrected chi connectivity index (χ0v) is 11.8. The highest BCUT2D eigenvalue weighted by Gasteiger charge is 2.14. The van der Waals surface area contributed by atoms with Crippen molar-refractivity contribution in [3.63, 3.8) is 0 Å². The maximum absolute atomic E-state index is 11.8. The van der Waals surface area contributed by atoms with E-state index in [1.54, 1.807) is 29.2 Å². The lowest BCUT2D eigenvalue weighted by Gasteiger charge is -2.19. The van der Waals surface area contributed by atoms with Crippen molar-refractivity contribution >= 4 is 21.4 Å². The maximum atomic E-state index is 11.8. The molecule has 0 spiro atoms. The van der Waals surface area contributed by atoms with E-state index in [0.717, 1.165) is 5.69 Å². The first kappa shape index (κ1) is 14.7. The van der Waals surface area contributed by atoms with Crippen molar-refractivity contribution in [1.82, 2.24) is 0 Å². The summed E-state index contributed by atoms with van der Waals surface area (Å²) >= 11 is 0. The molecule has 1 aromatic rings. The molecule has 0 aliphatic heterocycles. The molecule has 1 amide bonds. The van der Waals surface area contributed by atoms with Gasteiger partial charge in [-0.15, -0.1) is 0 Å². The molecule has 0 saturated carbocycles.